The Kier molecular flexibility index (Phi) is 7.71. The Morgan fingerprint density at radius 2 is 2.07 bits per heavy atom. The summed E-state index contributed by atoms with van der Waals surface area (Å²) >= 11 is 5.86. The monoisotopic (exact) mass is 452 g/mol. The smallest absolute Gasteiger partial charge is 0.303 e. The van der Waals surface area contributed by atoms with Gasteiger partial charge in [-0.15, -0.1) is 0 Å². The van der Waals surface area contributed by atoms with E-state index in [0.717, 1.165) is 5.76 Å². The summed E-state index contributed by atoms with van der Waals surface area (Å²) in [5.74, 6) is 0.000804. The molecule has 2 atom stereocenters. The molecular weight excluding hydrogens is 428 g/mol. The zero-order valence-corrected chi connectivity index (χ0v) is 18.0. The number of allylic oxidation sites excluding steroid dienone is 1. The summed E-state index contributed by atoms with van der Waals surface area (Å²) in [6, 6.07) is 9.56. The fourth-order valence-electron chi connectivity index (χ4n) is 3.53. The van der Waals surface area contributed by atoms with E-state index >= 15 is 0 Å². The van der Waals surface area contributed by atoms with E-state index in [-0.39, 0.29) is 23.4 Å². The number of benzene rings is 1. The van der Waals surface area contributed by atoms with Crippen LogP contribution in [0.2, 0.25) is 5.02 Å². The second kappa shape index (κ2) is 10.3. The van der Waals surface area contributed by atoms with Gasteiger partial charge in [-0.25, -0.2) is 13.1 Å². The SMILES string of the molecule is O=C(O)CCCC=C[C@@H]1C[C@@H](NS(=O)(=O)c2ccc(Cl)cc2)CN1Cc1ccco1. The Labute approximate surface area is 181 Å². The highest BCUT2D eigenvalue weighted by Crippen LogP contribution is 2.24. The van der Waals surface area contributed by atoms with Gasteiger partial charge in [-0.3, -0.25) is 9.69 Å². The first kappa shape index (κ1) is 22.6. The summed E-state index contributed by atoms with van der Waals surface area (Å²) in [5.41, 5.74) is 0. The summed E-state index contributed by atoms with van der Waals surface area (Å²) in [5, 5.41) is 9.23. The number of hydrogen-bond acceptors (Lipinski definition) is 5. The van der Waals surface area contributed by atoms with Gasteiger partial charge in [-0.1, -0.05) is 23.8 Å². The first-order valence-electron chi connectivity index (χ1n) is 9.76. The average Bonchev–Trinajstić information content (AvgIpc) is 3.32. The number of carboxylic acids is 1. The predicted octanol–water partition coefficient (Wildman–Crippen LogP) is 3.67. The number of halogens is 1. The summed E-state index contributed by atoms with van der Waals surface area (Å²) in [6.45, 7) is 1.11. The lowest BCUT2D eigenvalue weighted by Crippen LogP contribution is -2.37. The zero-order chi connectivity index (χ0) is 21.6. The largest absolute Gasteiger partial charge is 0.481 e. The number of rotatable bonds is 10. The van der Waals surface area contributed by atoms with Crippen LogP contribution in [0.15, 0.2) is 64.1 Å². The Morgan fingerprint density at radius 3 is 2.73 bits per heavy atom. The molecule has 0 spiro atoms. The molecule has 1 aliphatic rings. The number of sulfonamides is 1. The highest BCUT2D eigenvalue weighted by molar-refractivity contribution is 7.89. The molecule has 0 unspecified atom stereocenters. The third kappa shape index (κ3) is 6.43. The molecule has 0 saturated carbocycles. The standard InChI is InChI=1S/C21H25ClN2O5S/c22-16-8-10-20(11-9-16)30(27,28)23-17-13-18(5-2-1-3-7-21(25)26)24(14-17)15-19-6-4-12-29-19/h2,4-6,8-12,17-18,23H,1,3,7,13-15H2,(H,25,26)/t17-,18-/m1/s1. The van der Waals surface area contributed by atoms with Crippen molar-refractivity contribution in [1.82, 2.24) is 9.62 Å². The Balaban J connectivity index is 1.66. The molecule has 162 valence electrons. The van der Waals surface area contributed by atoms with Gasteiger partial charge >= 0.3 is 5.97 Å². The quantitative estimate of drug-likeness (QED) is 0.421. The maximum Gasteiger partial charge on any atom is 0.303 e. The van der Waals surface area contributed by atoms with Gasteiger partial charge in [-0.05, 0) is 55.7 Å². The van der Waals surface area contributed by atoms with Crippen LogP contribution in [0.1, 0.15) is 31.4 Å². The first-order valence-corrected chi connectivity index (χ1v) is 11.6. The number of furan rings is 1. The Morgan fingerprint density at radius 1 is 1.30 bits per heavy atom. The van der Waals surface area contributed by atoms with Crippen molar-refractivity contribution in [3.63, 3.8) is 0 Å². The Bertz CT molecular complexity index is 958. The normalized spacial score (nSPS) is 20.2. The molecule has 30 heavy (non-hydrogen) atoms. The molecule has 0 radical (unpaired) electrons. The molecule has 2 heterocycles. The van der Waals surface area contributed by atoms with Gasteiger partial charge in [0.15, 0.2) is 0 Å². The van der Waals surface area contributed by atoms with Gasteiger partial charge in [0.05, 0.1) is 17.7 Å². The van der Waals surface area contributed by atoms with Gasteiger partial charge in [0.1, 0.15) is 5.76 Å². The maximum atomic E-state index is 12.7. The first-order chi connectivity index (χ1) is 14.3. The van der Waals surface area contributed by atoms with E-state index in [1.165, 1.54) is 12.1 Å². The van der Waals surface area contributed by atoms with Crippen LogP contribution >= 0.6 is 11.6 Å². The highest BCUT2D eigenvalue weighted by atomic mass is 35.5. The van der Waals surface area contributed by atoms with E-state index in [1.807, 2.05) is 24.3 Å². The van der Waals surface area contributed by atoms with E-state index in [9.17, 15) is 13.2 Å². The van der Waals surface area contributed by atoms with Crippen LogP contribution in [-0.2, 0) is 21.4 Å². The molecule has 1 aromatic carbocycles. The summed E-state index contributed by atoms with van der Waals surface area (Å²) in [4.78, 5) is 13.0. The number of unbranched alkanes of at least 4 members (excludes halogenated alkanes) is 1. The maximum absolute atomic E-state index is 12.7. The molecule has 2 aromatic rings. The second-order valence-electron chi connectivity index (χ2n) is 7.30. The fraction of sp³-hybridized carbons (Fsp3) is 0.381. The lowest BCUT2D eigenvalue weighted by Gasteiger charge is -2.20. The molecule has 1 aliphatic heterocycles. The van der Waals surface area contributed by atoms with Crippen molar-refractivity contribution in [2.45, 2.75) is 49.2 Å². The highest BCUT2D eigenvalue weighted by Gasteiger charge is 2.33. The number of carbonyl (C=O) groups is 1. The van der Waals surface area contributed by atoms with E-state index in [1.54, 1.807) is 18.4 Å². The lowest BCUT2D eigenvalue weighted by molar-refractivity contribution is -0.137. The summed E-state index contributed by atoms with van der Waals surface area (Å²) in [7, 11) is -3.66. The number of hydrogen-bond donors (Lipinski definition) is 2. The van der Waals surface area contributed by atoms with Crippen molar-refractivity contribution < 1.29 is 22.7 Å². The lowest BCUT2D eigenvalue weighted by atomic mass is 10.1. The van der Waals surface area contributed by atoms with Crippen molar-refractivity contribution in [3.05, 3.63) is 65.6 Å². The zero-order valence-electron chi connectivity index (χ0n) is 16.4. The number of nitrogens with zero attached hydrogens (tertiary/aromatic N) is 1. The molecule has 3 rings (SSSR count). The second-order valence-corrected chi connectivity index (χ2v) is 9.45. The number of likely N-dealkylation sites (tertiary alicyclic amines) is 1. The molecular formula is C21H25ClN2O5S. The van der Waals surface area contributed by atoms with Crippen LogP contribution in [-0.4, -0.2) is 43.0 Å². The van der Waals surface area contributed by atoms with Crippen LogP contribution in [0.25, 0.3) is 0 Å². The van der Waals surface area contributed by atoms with Crippen LogP contribution < -0.4 is 4.72 Å². The predicted molar refractivity (Wildman–Crippen MR) is 114 cm³/mol. The van der Waals surface area contributed by atoms with E-state index in [2.05, 4.69) is 9.62 Å². The molecule has 1 saturated heterocycles. The third-order valence-corrected chi connectivity index (χ3v) is 6.74. The molecule has 1 fully saturated rings. The number of carboxylic acid groups (broad SMARTS) is 1. The van der Waals surface area contributed by atoms with Gasteiger partial charge in [0, 0.05) is 30.1 Å². The minimum Gasteiger partial charge on any atom is -0.481 e. The molecule has 9 heteroatoms. The van der Waals surface area contributed by atoms with Crippen molar-refractivity contribution >= 4 is 27.6 Å². The topological polar surface area (TPSA) is 99.8 Å². The molecule has 0 bridgehead atoms. The molecule has 2 N–H and O–H groups in total. The summed E-state index contributed by atoms with van der Waals surface area (Å²) in [6.07, 6.45) is 7.60. The van der Waals surface area contributed by atoms with E-state index < -0.39 is 16.0 Å². The van der Waals surface area contributed by atoms with Crippen LogP contribution in [0.3, 0.4) is 0 Å². The molecule has 7 nitrogen and oxygen atoms in total. The minimum absolute atomic E-state index is 0.0258. The fourth-order valence-corrected chi connectivity index (χ4v) is 4.90. The van der Waals surface area contributed by atoms with Crippen LogP contribution in [0.4, 0.5) is 0 Å². The average molecular weight is 453 g/mol. The van der Waals surface area contributed by atoms with Gasteiger partial charge in [0.25, 0.3) is 0 Å². The van der Waals surface area contributed by atoms with Crippen molar-refractivity contribution in [3.8, 4) is 0 Å². The number of nitrogens with one attached hydrogen (secondary N) is 1. The van der Waals surface area contributed by atoms with Gasteiger partial charge < -0.3 is 9.52 Å². The molecule has 1 aromatic heterocycles. The van der Waals surface area contributed by atoms with Crippen LogP contribution in [0, 0.1) is 0 Å². The van der Waals surface area contributed by atoms with Crippen LogP contribution in [0.5, 0.6) is 0 Å². The van der Waals surface area contributed by atoms with Crippen molar-refractivity contribution in [2.75, 3.05) is 6.54 Å². The van der Waals surface area contributed by atoms with Gasteiger partial charge in [-0.2, -0.15) is 0 Å². The molecule has 0 aliphatic carbocycles. The van der Waals surface area contributed by atoms with E-state index in [4.69, 9.17) is 21.1 Å². The summed E-state index contributed by atoms with van der Waals surface area (Å²) < 4.78 is 33.7. The molecule has 0 amide bonds. The number of aliphatic carboxylic acids is 1. The van der Waals surface area contributed by atoms with Crippen molar-refractivity contribution in [1.29, 1.82) is 0 Å². The van der Waals surface area contributed by atoms with E-state index in [0.29, 0.717) is 37.4 Å². The minimum atomic E-state index is -3.66. The third-order valence-electron chi connectivity index (χ3n) is 4.95. The Hall–Kier alpha value is -2.13. The van der Waals surface area contributed by atoms with Gasteiger partial charge in [0.2, 0.25) is 10.0 Å². The van der Waals surface area contributed by atoms with Crippen molar-refractivity contribution in [2.24, 2.45) is 0 Å².